The van der Waals surface area contributed by atoms with E-state index in [1.807, 2.05) is 0 Å². The minimum Gasteiger partial charge on any atom is -0.319 e. The molecule has 0 fully saturated rings. The summed E-state index contributed by atoms with van der Waals surface area (Å²) in [6, 6.07) is 0. The molecule has 1 aromatic rings. The molecule has 6 heteroatoms. The predicted octanol–water partition coefficient (Wildman–Crippen LogP) is 2.17. The summed E-state index contributed by atoms with van der Waals surface area (Å²) in [5, 5.41) is 0. The summed E-state index contributed by atoms with van der Waals surface area (Å²) in [5.41, 5.74) is -0.380. The van der Waals surface area contributed by atoms with Gasteiger partial charge in [-0.3, -0.25) is 5.84 Å². The van der Waals surface area contributed by atoms with E-state index in [2.05, 4.69) is 6.58 Å². The lowest BCUT2D eigenvalue weighted by atomic mass is 10.1. The van der Waals surface area contributed by atoms with Gasteiger partial charge in [0.05, 0.1) is 5.56 Å². The monoisotopic (exact) mass is 206 g/mol. The molecule has 0 spiro atoms. The molecule has 0 heterocycles. The number of nitrogen functional groups attached to an aromatic ring is 1. The molecule has 0 aliphatic carbocycles. The van der Waals surface area contributed by atoms with Gasteiger partial charge in [-0.25, -0.2) is 17.6 Å². The Morgan fingerprint density at radius 2 is 1.43 bits per heavy atom. The van der Waals surface area contributed by atoms with E-state index in [4.69, 9.17) is 5.84 Å². The van der Waals surface area contributed by atoms with E-state index < -0.39 is 34.5 Å². The molecule has 1 rings (SSSR count). The summed E-state index contributed by atoms with van der Waals surface area (Å²) in [6.07, 6.45) is 0.678. The number of rotatable bonds is 2. The van der Waals surface area contributed by atoms with Crippen LogP contribution in [0.1, 0.15) is 5.56 Å². The molecule has 0 aromatic heterocycles. The van der Waals surface area contributed by atoms with Gasteiger partial charge < -0.3 is 5.43 Å². The second-order valence-corrected chi connectivity index (χ2v) is 2.39. The fourth-order valence-corrected chi connectivity index (χ4v) is 0.955. The third kappa shape index (κ3) is 1.33. The summed E-state index contributed by atoms with van der Waals surface area (Å²) in [5.74, 6) is -1.54. The van der Waals surface area contributed by atoms with Gasteiger partial charge in [0.25, 0.3) is 0 Å². The van der Waals surface area contributed by atoms with Crippen molar-refractivity contribution >= 4 is 11.8 Å². The lowest BCUT2D eigenvalue weighted by molar-refractivity contribution is 0.455. The standard InChI is InChI=1S/C8H6F4N2/c1-2-3-4(9)6(11)8(14-13)7(12)5(3)10/h2,14H,1,13H2. The van der Waals surface area contributed by atoms with Gasteiger partial charge in [-0.15, -0.1) is 0 Å². The summed E-state index contributed by atoms with van der Waals surface area (Å²) in [7, 11) is 0. The number of hydrogen-bond donors (Lipinski definition) is 2. The molecule has 0 aliphatic heterocycles. The fraction of sp³-hybridized carbons (Fsp3) is 0. The van der Waals surface area contributed by atoms with Gasteiger partial charge in [0.15, 0.2) is 23.3 Å². The summed E-state index contributed by atoms with van der Waals surface area (Å²) in [6.45, 7) is 3.03. The van der Waals surface area contributed by atoms with Crippen LogP contribution in [0.2, 0.25) is 0 Å². The van der Waals surface area contributed by atoms with Gasteiger partial charge in [-0.1, -0.05) is 12.7 Å². The Hall–Kier alpha value is -1.56. The minimum absolute atomic E-state index is 0.678. The van der Waals surface area contributed by atoms with Crippen LogP contribution in [-0.2, 0) is 0 Å². The van der Waals surface area contributed by atoms with E-state index in [0.717, 1.165) is 0 Å². The quantitative estimate of drug-likeness (QED) is 0.337. The molecule has 0 saturated heterocycles. The first-order valence-electron chi connectivity index (χ1n) is 3.49. The average molecular weight is 206 g/mol. The van der Waals surface area contributed by atoms with E-state index in [-0.39, 0.29) is 0 Å². The zero-order chi connectivity index (χ0) is 10.9. The van der Waals surface area contributed by atoms with Gasteiger partial charge in [-0.05, 0) is 0 Å². The summed E-state index contributed by atoms with van der Waals surface area (Å²) < 4.78 is 51.7. The molecule has 0 amide bonds. The van der Waals surface area contributed by atoms with Crippen molar-refractivity contribution < 1.29 is 17.6 Å². The second-order valence-electron chi connectivity index (χ2n) is 2.39. The average Bonchev–Trinajstić information content (AvgIpc) is 2.17. The second kappa shape index (κ2) is 3.67. The summed E-state index contributed by atoms with van der Waals surface area (Å²) in [4.78, 5) is 0. The molecule has 0 saturated carbocycles. The zero-order valence-corrected chi connectivity index (χ0v) is 6.87. The number of anilines is 1. The number of nitrogens with two attached hydrogens (primary N) is 1. The first kappa shape index (κ1) is 10.5. The van der Waals surface area contributed by atoms with Crippen LogP contribution >= 0.6 is 0 Å². The van der Waals surface area contributed by atoms with Crippen molar-refractivity contribution in [2.24, 2.45) is 5.84 Å². The maximum absolute atomic E-state index is 12.9. The molecule has 0 atom stereocenters. The van der Waals surface area contributed by atoms with E-state index in [1.54, 1.807) is 0 Å². The molecule has 0 radical (unpaired) electrons. The largest absolute Gasteiger partial charge is 0.319 e. The maximum atomic E-state index is 12.9. The predicted molar refractivity (Wildman–Crippen MR) is 44.2 cm³/mol. The highest BCUT2D eigenvalue weighted by molar-refractivity contribution is 5.57. The molecular weight excluding hydrogens is 200 g/mol. The van der Waals surface area contributed by atoms with Crippen LogP contribution in [0.5, 0.6) is 0 Å². The first-order chi connectivity index (χ1) is 6.54. The van der Waals surface area contributed by atoms with Crippen LogP contribution in [0.4, 0.5) is 23.2 Å². The van der Waals surface area contributed by atoms with Crippen LogP contribution in [0, 0.1) is 23.3 Å². The van der Waals surface area contributed by atoms with Gasteiger partial charge in [0.1, 0.15) is 5.69 Å². The number of hydrogen-bond acceptors (Lipinski definition) is 2. The summed E-state index contributed by atoms with van der Waals surface area (Å²) >= 11 is 0. The Labute approximate surface area is 77.0 Å². The van der Waals surface area contributed by atoms with Crippen LogP contribution < -0.4 is 11.3 Å². The van der Waals surface area contributed by atoms with E-state index >= 15 is 0 Å². The zero-order valence-electron chi connectivity index (χ0n) is 6.87. The van der Waals surface area contributed by atoms with Crippen molar-refractivity contribution in [2.45, 2.75) is 0 Å². The molecule has 14 heavy (non-hydrogen) atoms. The number of hydrazine groups is 1. The molecular formula is C8H6F4N2. The molecule has 1 aromatic carbocycles. The van der Waals surface area contributed by atoms with Crippen LogP contribution in [0.15, 0.2) is 6.58 Å². The van der Waals surface area contributed by atoms with Gasteiger partial charge in [-0.2, -0.15) is 0 Å². The Kier molecular flexibility index (Phi) is 2.76. The molecule has 0 bridgehead atoms. The number of halogens is 4. The Balaban J connectivity index is 3.63. The third-order valence-electron chi connectivity index (χ3n) is 1.65. The lowest BCUT2D eigenvalue weighted by Crippen LogP contribution is -2.14. The molecule has 76 valence electrons. The van der Waals surface area contributed by atoms with Crippen LogP contribution in [0.25, 0.3) is 6.08 Å². The molecule has 0 aliphatic rings. The topological polar surface area (TPSA) is 38.0 Å². The third-order valence-corrected chi connectivity index (χ3v) is 1.65. The smallest absolute Gasteiger partial charge is 0.187 e. The van der Waals surface area contributed by atoms with Crippen LogP contribution in [-0.4, -0.2) is 0 Å². The number of benzene rings is 1. The van der Waals surface area contributed by atoms with Crippen molar-refractivity contribution in [3.8, 4) is 0 Å². The number of nitrogens with one attached hydrogen (secondary N) is 1. The van der Waals surface area contributed by atoms with Gasteiger partial charge in [0.2, 0.25) is 0 Å². The van der Waals surface area contributed by atoms with Gasteiger partial charge in [0, 0.05) is 0 Å². The molecule has 0 unspecified atom stereocenters. The SMILES string of the molecule is C=Cc1c(F)c(F)c(NN)c(F)c1F. The highest BCUT2D eigenvalue weighted by Crippen LogP contribution is 2.27. The van der Waals surface area contributed by atoms with Crippen LogP contribution in [0.3, 0.4) is 0 Å². The Morgan fingerprint density at radius 1 is 1.00 bits per heavy atom. The van der Waals surface area contributed by atoms with Crippen molar-refractivity contribution in [3.05, 3.63) is 35.4 Å². The van der Waals surface area contributed by atoms with Crippen molar-refractivity contribution in [1.82, 2.24) is 0 Å². The Bertz CT molecular complexity index is 360. The lowest BCUT2D eigenvalue weighted by Gasteiger charge is -2.08. The first-order valence-corrected chi connectivity index (χ1v) is 3.49. The van der Waals surface area contributed by atoms with Crippen molar-refractivity contribution in [1.29, 1.82) is 0 Å². The normalized spacial score (nSPS) is 10.1. The minimum atomic E-state index is -1.58. The maximum Gasteiger partial charge on any atom is 0.187 e. The molecule has 2 nitrogen and oxygen atoms in total. The Morgan fingerprint density at radius 3 is 1.71 bits per heavy atom. The highest BCUT2D eigenvalue weighted by Gasteiger charge is 2.22. The van der Waals surface area contributed by atoms with E-state index in [1.165, 1.54) is 5.43 Å². The van der Waals surface area contributed by atoms with E-state index in [9.17, 15) is 17.6 Å². The highest BCUT2D eigenvalue weighted by atomic mass is 19.2. The van der Waals surface area contributed by atoms with Crippen molar-refractivity contribution in [2.75, 3.05) is 5.43 Å². The van der Waals surface area contributed by atoms with Crippen molar-refractivity contribution in [3.63, 3.8) is 0 Å². The molecule has 3 N–H and O–H groups in total. The fourth-order valence-electron chi connectivity index (χ4n) is 0.955. The van der Waals surface area contributed by atoms with E-state index in [0.29, 0.717) is 6.08 Å². The van der Waals surface area contributed by atoms with Gasteiger partial charge >= 0.3 is 0 Å².